The average Bonchev–Trinajstić information content (AvgIpc) is 2.27. The molecule has 1 saturated heterocycles. The zero-order chi connectivity index (χ0) is 14.7. The number of aliphatic carboxylic acids is 1. The topological polar surface area (TPSA) is 86.7 Å². The third kappa shape index (κ3) is 4.43. The van der Waals surface area contributed by atoms with E-state index in [4.69, 9.17) is 5.11 Å². The number of carbonyl (C=O) groups is 1. The molecule has 2 N–H and O–H groups in total. The van der Waals surface area contributed by atoms with Crippen molar-refractivity contribution in [1.82, 2.24) is 9.62 Å². The average molecular weight is 292 g/mol. The predicted molar refractivity (Wildman–Crippen MR) is 73.5 cm³/mol. The molecule has 0 aromatic carbocycles. The van der Waals surface area contributed by atoms with Crippen LogP contribution in [0.5, 0.6) is 0 Å². The van der Waals surface area contributed by atoms with Gasteiger partial charge in [0.1, 0.15) is 0 Å². The van der Waals surface area contributed by atoms with Crippen molar-refractivity contribution in [2.45, 2.75) is 38.4 Å². The number of piperidine rings is 1. The highest BCUT2D eigenvalue weighted by molar-refractivity contribution is 7.90. The number of carboxylic acid groups (broad SMARTS) is 1. The smallest absolute Gasteiger partial charge is 0.317 e. The lowest BCUT2D eigenvalue weighted by atomic mass is 10.00. The number of rotatable bonds is 5. The largest absolute Gasteiger partial charge is 0.480 e. The maximum atomic E-state index is 12.3. The van der Waals surface area contributed by atoms with Crippen LogP contribution in [0.3, 0.4) is 0 Å². The molecule has 0 bridgehead atoms. The van der Waals surface area contributed by atoms with Crippen LogP contribution in [-0.4, -0.2) is 54.7 Å². The van der Waals surface area contributed by atoms with Gasteiger partial charge in [-0.25, -0.2) is 12.7 Å². The van der Waals surface area contributed by atoms with E-state index in [0.717, 1.165) is 12.8 Å². The van der Waals surface area contributed by atoms with Crippen LogP contribution in [-0.2, 0) is 14.8 Å². The maximum Gasteiger partial charge on any atom is 0.317 e. The lowest BCUT2D eigenvalue weighted by Crippen LogP contribution is -2.49. The van der Waals surface area contributed by atoms with Crippen LogP contribution in [0, 0.1) is 5.92 Å². The summed E-state index contributed by atoms with van der Waals surface area (Å²) in [5.74, 6) is -0.708. The molecule has 1 heterocycles. The first-order chi connectivity index (χ1) is 8.64. The van der Waals surface area contributed by atoms with Crippen molar-refractivity contribution < 1.29 is 18.3 Å². The van der Waals surface area contributed by atoms with Gasteiger partial charge in [0, 0.05) is 13.1 Å². The molecule has 1 atom stereocenters. The van der Waals surface area contributed by atoms with E-state index >= 15 is 0 Å². The van der Waals surface area contributed by atoms with Gasteiger partial charge in [0.2, 0.25) is 10.0 Å². The van der Waals surface area contributed by atoms with Crippen LogP contribution in [0.2, 0.25) is 0 Å². The number of nitrogens with one attached hydrogen (secondary N) is 1. The summed E-state index contributed by atoms with van der Waals surface area (Å²) in [7, 11) is -3.28. The molecule has 1 aliphatic heterocycles. The number of nitrogens with zero attached hydrogens (tertiary/aromatic N) is 1. The summed E-state index contributed by atoms with van der Waals surface area (Å²) in [5.41, 5.74) is 0. The fraction of sp³-hybridized carbons (Fsp3) is 0.917. The van der Waals surface area contributed by atoms with Gasteiger partial charge in [0.15, 0.2) is 0 Å². The Kier molecular flexibility index (Phi) is 5.34. The zero-order valence-electron chi connectivity index (χ0n) is 11.8. The number of hydrogen-bond donors (Lipinski definition) is 2. The third-order valence-corrected chi connectivity index (χ3v) is 5.86. The fourth-order valence-electron chi connectivity index (χ4n) is 2.18. The van der Waals surface area contributed by atoms with Gasteiger partial charge in [0.05, 0.1) is 11.3 Å². The van der Waals surface area contributed by atoms with Crippen molar-refractivity contribution >= 4 is 16.0 Å². The van der Waals surface area contributed by atoms with Gasteiger partial charge in [-0.05, 0) is 46.1 Å². The Bertz CT molecular complexity index is 414. The van der Waals surface area contributed by atoms with Gasteiger partial charge in [-0.1, -0.05) is 0 Å². The Morgan fingerprint density at radius 1 is 1.42 bits per heavy atom. The predicted octanol–water partition coefficient (Wildman–Crippen LogP) is 0.501. The molecular weight excluding hydrogens is 268 g/mol. The van der Waals surface area contributed by atoms with Gasteiger partial charge in [-0.2, -0.15) is 0 Å². The minimum atomic E-state index is -3.28. The van der Waals surface area contributed by atoms with Gasteiger partial charge >= 0.3 is 5.97 Å². The van der Waals surface area contributed by atoms with Crippen molar-refractivity contribution in [3.05, 3.63) is 0 Å². The van der Waals surface area contributed by atoms with Crippen LogP contribution in [0.1, 0.15) is 33.6 Å². The normalized spacial score (nSPS) is 22.4. The zero-order valence-corrected chi connectivity index (χ0v) is 12.7. The highest BCUT2D eigenvalue weighted by Crippen LogP contribution is 2.25. The van der Waals surface area contributed by atoms with E-state index in [1.807, 2.05) is 0 Å². The minimum absolute atomic E-state index is 0.0808. The number of hydrogen-bond acceptors (Lipinski definition) is 4. The first-order valence-electron chi connectivity index (χ1n) is 6.57. The van der Waals surface area contributed by atoms with Crippen molar-refractivity contribution in [2.75, 3.05) is 26.2 Å². The molecule has 0 amide bonds. The second kappa shape index (κ2) is 6.19. The van der Waals surface area contributed by atoms with E-state index in [0.29, 0.717) is 19.6 Å². The van der Waals surface area contributed by atoms with Gasteiger partial charge in [-0.15, -0.1) is 0 Å². The molecule has 1 aliphatic rings. The summed E-state index contributed by atoms with van der Waals surface area (Å²) in [4.78, 5) is 10.4. The summed E-state index contributed by atoms with van der Waals surface area (Å²) in [5, 5.41) is 11.4. The van der Waals surface area contributed by atoms with E-state index < -0.39 is 20.7 Å². The molecule has 0 aromatic heterocycles. The Hall–Kier alpha value is -0.660. The van der Waals surface area contributed by atoms with Crippen LogP contribution in [0.25, 0.3) is 0 Å². The lowest BCUT2D eigenvalue weighted by molar-refractivity contribution is -0.136. The fourth-order valence-corrected chi connectivity index (χ4v) is 3.73. The van der Waals surface area contributed by atoms with E-state index in [1.54, 1.807) is 25.1 Å². The molecule has 112 valence electrons. The minimum Gasteiger partial charge on any atom is -0.480 e. The molecule has 1 fully saturated rings. The second-order valence-electron chi connectivity index (χ2n) is 6.01. The van der Waals surface area contributed by atoms with Gasteiger partial charge in [0.25, 0.3) is 0 Å². The molecule has 0 saturated carbocycles. The summed E-state index contributed by atoms with van der Waals surface area (Å²) in [6.45, 7) is 6.62. The monoisotopic (exact) mass is 292 g/mol. The molecular formula is C12H24N2O4S. The van der Waals surface area contributed by atoms with E-state index in [2.05, 4.69) is 5.32 Å². The molecule has 1 rings (SSSR count). The Morgan fingerprint density at radius 3 is 2.58 bits per heavy atom. The summed E-state index contributed by atoms with van der Waals surface area (Å²) in [6, 6.07) is 0. The summed E-state index contributed by atoms with van der Waals surface area (Å²) >= 11 is 0. The highest BCUT2D eigenvalue weighted by atomic mass is 32.2. The Morgan fingerprint density at radius 2 is 2.05 bits per heavy atom. The lowest BCUT2D eigenvalue weighted by Gasteiger charge is -2.36. The van der Waals surface area contributed by atoms with Gasteiger partial charge < -0.3 is 10.4 Å². The first-order valence-corrected chi connectivity index (χ1v) is 8.01. The standard InChI is InChI=1S/C12H24N2O4S/c1-12(2,3)19(17,18)14-6-4-5-10(9-14)7-13-8-11(15)16/h10,13H,4-9H2,1-3H3,(H,15,16). The number of sulfonamides is 1. The maximum absolute atomic E-state index is 12.3. The van der Waals surface area contributed by atoms with E-state index in [-0.39, 0.29) is 12.5 Å². The molecule has 6 nitrogen and oxygen atoms in total. The van der Waals surface area contributed by atoms with Crippen molar-refractivity contribution in [3.8, 4) is 0 Å². The molecule has 0 aromatic rings. The SMILES string of the molecule is CC(C)(C)S(=O)(=O)N1CCCC(CNCC(=O)O)C1. The second-order valence-corrected chi connectivity index (χ2v) is 8.70. The van der Waals surface area contributed by atoms with Crippen molar-refractivity contribution in [3.63, 3.8) is 0 Å². The van der Waals surface area contributed by atoms with Crippen LogP contribution >= 0.6 is 0 Å². The molecule has 19 heavy (non-hydrogen) atoms. The van der Waals surface area contributed by atoms with E-state index in [9.17, 15) is 13.2 Å². The first kappa shape index (κ1) is 16.4. The molecule has 0 spiro atoms. The van der Waals surface area contributed by atoms with Crippen molar-refractivity contribution in [2.24, 2.45) is 5.92 Å². The van der Waals surface area contributed by atoms with Crippen LogP contribution in [0.15, 0.2) is 0 Å². The highest BCUT2D eigenvalue weighted by Gasteiger charge is 2.37. The molecule has 0 radical (unpaired) electrons. The van der Waals surface area contributed by atoms with Crippen molar-refractivity contribution in [1.29, 1.82) is 0 Å². The summed E-state index contributed by atoms with van der Waals surface area (Å²) < 4.78 is 25.4. The molecule has 0 aliphatic carbocycles. The molecule has 7 heteroatoms. The summed E-state index contributed by atoms with van der Waals surface area (Å²) in [6.07, 6.45) is 1.76. The molecule has 1 unspecified atom stereocenters. The quantitative estimate of drug-likeness (QED) is 0.770. The van der Waals surface area contributed by atoms with Gasteiger partial charge in [-0.3, -0.25) is 4.79 Å². The van der Waals surface area contributed by atoms with E-state index in [1.165, 1.54) is 0 Å². The third-order valence-electron chi connectivity index (χ3n) is 3.30. The number of carboxylic acids is 1. The Labute approximate surface area is 115 Å². The van der Waals surface area contributed by atoms with Crippen LogP contribution in [0.4, 0.5) is 0 Å². The van der Waals surface area contributed by atoms with Crippen LogP contribution < -0.4 is 5.32 Å². The Balaban J connectivity index is 2.58.